The fraction of sp³-hybridized carbons (Fsp3) is 0.476. The Kier molecular flexibility index (Phi) is 6.91. The maximum atomic E-state index is 12.4. The number of hydrogen-bond donors (Lipinski definition) is 1. The molecule has 7 heteroatoms. The molecule has 1 aromatic carbocycles. The van der Waals surface area contributed by atoms with Crippen LogP contribution in [0, 0.1) is 20.8 Å². The van der Waals surface area contributed by atoms with Gasteiger partial charge >= 0.3 is 0 Å². The predicted molar refractivity (Wildman–Crippen MR) is 116 cm³/mol. The number of rotatable bonds is 6. The van der Waals surface area contributed by atoms with Crippen molar-refractivity contribution >= 4 is 29.0 Å². The van der Waals surface area contributed by atoms with Crippen molar-refractivity contribution in [3.05, 3.63) is 41.2 Å². The number of aryl methyl sites for hydroxylation is 3. The second-order valence-electron chi connectivity index (χ2n) is 7.19. The third-order valence-electron chi connectivity index (χ3n) is 4.96. The van der Waals surface area contributed by atoms with Crippen LogP contribution < -0.4 is 10.2 Å². The van der Waals surface area contributed by atoms with Crippen molar-refractivity contribution in [3.63, 3.8) is 0 Å². The average molecular weight is 400 g/mol. The average Bonchev–Trinajstić information content (AvgIpc) is 2.67. The van der Waals surface area contributed by atoms with Gasteiger partial charge in [-0.25, -0.2) is 9.97 Å². The largest absolute Gasteiger partial charge is 0.369 e. The van der Waals surface area contributed by atoms with E-state index in [1.807, 2.05) is 32.9 Å². The summed E-state index contributed by atoms with van der Waals surface area (Å²) in [4.78, 5) is 26.0. The molecule has 6 nitrogen and oxygen atoms in total. The highest BCUT2D eigenvalue weighted by Gasteiger charge is 2.16. The van der Waals surface area contributed by atoms with Crippen LogP contribution in [0.25, 0.3) is 0 Å². The quantitative estimate of drug-likeness (QED) is 0.594. The molecule has 2 aromatic rings. The van der Waals surface area contributed by atoms with Gasteiger partial charge in [-0.2, -0.15) is 0 Å². The Hall–Kier alpha value is -2.12. The molecular formula is C21H29N5OS. The van der Waals surface area contributed by atoms with Gasteiger partial charge in [-0.1, -0.05) is 18.7 Å². The van der Waals surface area contributed by atoms with Gasteiger partial charge in [0.1, 0.15) is 0 Å². The lowest BCUT2D eigenvalue weighted by Crippen LogP contribution is -2.46. The van der Waals surface area contributed by atoms with Gasteiger partial charge in [0.05, 0.1) is 5.75 Å². The van der Waals surface area contributed by atoms with Crippen LogP contribution in [-0.4, -0.2) is 59.3 Å². The van der Waals surface area contributed by atoms with Crippen LogP contribution in [0.5, 0.6) is 0 Å². The summed E-state index contributed by atoms with van der Waals surface area (Å²) in [5.74, 6) is 0.253. The molecule has 0 atom stereocenters. The van der Waals surface area contributed by atoms with Gasteiger partial charge in [0, 0.05) is 48.9 Å². The highest BCUT2D eigenvalue weighted by Crippen LogP contribution is 2.24. The Morgan fingerprint density at radius 2 is 1.75 bits per heavy atom. The van der Waals surface area contributed by atoms with E-state index in [1.54, 1.807) is 0 Å². The van der Waals surface area contributed by atoms with E-state index >= 15 is 0 Å². The molecule has 0 saturated carbocycles. The van der Waals surface area contributed by atoms with Crippen molar-refractivity contribution in [1.29, 1.82) is 0 Å². The number of piperazine rings is 1. The minimum absolute atomic E-state index is 0.0415. The first kappa shape index (κ1) is 20.6. The van der Waals surface area contributed by atoms with Gasteiger partial charge in [-0.05, 0) is 57.1 Å². The fourth-order valence-corrected chi connectivity index (χ4v) is 4.13. The maximum absolute atomic E-state index is 12.4. The van der Waals surface area contributed by atoms with Gasteiger partial charge in [0.25, 0.3) is 0 Å². The number of aromatic nitrogens is 2. The molecule has 1 aromatic heterocycles. The van der Waals surface area contributed by atoms with E-state index in [4.69, 9.17) is 0 Å². The van der Waals surface area contributed by atoms with Crippen molar-refractivity contribution in [1.82, 2.24) is 14.9 Å². The van der Waals surface area contributed by atoms with E-state index in [2.05, 4.69) is 44.1 Å². The van der Waals surface area contributed by atoms with Gasteiger partial charge in [-0.3, -0.25) is 4.79 Å². The van der Waals surface area contributed by atoms with Crippen LogP contribution in [0.2, 0.25) is 0 Å². The first-order valence-corrected chi connectivity index (χ1v) is 10.8. The van der Waals surface area contributed by atoms with E-state index < -0.39 is 0 Å². The number of carbonyl (C=O) groups is 1. The van der Waals surface area contributed by atoms with Crippen LogP contribution in [-0.2, 0) is 4.79 Å². The number of benzene rings is 1. The van der Waals surface area contributed by atoms with E-state index in [9.17, 15) is 4.79 Å². The van der Waals surface area contributed by atoms with Crippen LogP contribution in [0.1, 0.15) is 23.9 Å². The van der Waals surface area contributed by atoms with Crippen molar-refractivity contribution < 1.29 is 4.79 Å². The second-order valence-corrected chi connectivity index (χ2v) is 8.13. The number of nitrogens with zero attached hydrogens (tertiary/aromatic N) is 4. The van der Waals surface area contributed by atoms with E-state index in [0.717, 1.165) is 55.4 Å². The third kappa shape index (κ3) is 5.45. The molecule has 1 amide bonds. The zero-order chi connectivity index (χ0) is 20.1. The van der Waals surface area contributed by atoms with Crippen molar-refractivity contribution in [2.75, 3.05) is 48.7 Å². The fourth-order valence-electron chi connectivity index (χ4n) is 3.38. The zero-order valence-corrected chi connectivity index (χ0v) is 18.0. The molecule has 3 rings (SSSR count). The van der Waals surface area contributed by atoms with Crippen molar-refractivity contribution in [3.8, 4) is 0 Å². The molecule has 0 unspecified atom stereocenters. The van der Waals surface area contributed by atoms with Crippen LogP contribution in [0.15, 0.2) is 29.4 Å². The Bertz CT molecular complexity index is 813. The third-order valence-corrected chi connectivity index (χ3v) is 5.81. The number of amides is 1. The SMILES string of the molecule is CCN1CCN(c2ccc(NC(=O)CSc3nc(C)cc(C)n3)c(C)c2)CC1. The first-order chi connectivity index (χ1) is 13.4. The molecule has 1 fully saturated rings. The van der Waals surface area contributed by atoms with Crippen molar-refractivity contribution in [2.45, 2.75) is 32.9 Å². The van der Waals surface area contributed by atoms with Crippen molar-refractivity contribution in [2.24, 2.45) is 0 Å². The Morgan fingerprint density at radius 1 is 1.07 bits per heavy atom. The number of carbonyl (C=O) groups excluding carboxylic acids is 1. The van der Waals surface area contributed by atoms with Gasteiger partial charge in [-0.15, -0.1) is 0 Å². The molecule has 0 aliphatic carbocycles. The summed E-state index contributed by atoms with van der Waals surface area (Å²) in [6.07, 6.45) is 0. The van der Waals surface area contributed by atoms with E-state index in [1.165, 1.54) is 17.4 Å². The summed E-state index contributed by atoms with van der Waals surface area (Å²) in [6, 6.07) is 8.20. The lowest BCUT2D eigenvalue weighted by molar-refractivity contribution is -0.113. The summed E-state index contributed by atoms with van der Waals surface area (Å²) in [5, 5.41) is 3.66. The molecule has 150 valence electrons. The molecule has 2 heterocycles. The molecule has 0 bridgehead atoms. The maximum Gasteiger partial charge on any atom is 0.234 e. The molecule has 1 N–H and O–H groups in total. The summed E-state index contributed by atoms with van der Waals surface area (Å²) in [6.45, 7) is 13.5. The lowest BCUT2D eigenvalue weighted by atomic mass is 10.1. The number of anilines is 2. The number of likely N-dealkylation sites (N-methyl/N-ethyl adjacent to an activating group) is 1. The number of hydrogen-bond acceptors (Lipinski definition) is 6. The predicted octanol–water partition coefficient (Wildman–Crippen LogP) is 3.27. The normalized spacial score (nSPS) is 14.9. The summed E-state index contributed by atoms with van der Waals surface area (Å²) >= 11 is 1.36. The van der Waals surface area contributed by atoms with Gasteiger partial charge in [0.2, 0.25) is 5.91 Å². The summed E-state index contributed by atoms with van der Waals surface area (Å²) in [7, 11) is 0. The second kappa shape index (κ2) is 9.39. The molecule has 1 aliphatic heterocycles. The van der Waals surface area contributed by atoms with Crippen LogP contribution in [0.4, 0.5) is 11.4 Å². The van der Waals surface area contributed by atoms with Crippen LogP contribution in [0.3, 0.4) is 0 Å². The topological polar surface area (TPSA) is 61.4 Å². The van der Waals surface area contributed by atoms with E-state index in [-0.39, 0.29) is 5.91 Å². The standard InChI is InChI=1S/C21H29N5OS/c1-5-25-8-10-26(11-9-25)18-6-7-19(15(2)12-18)24-20(27)14-28-21-22-16(3)13-17(4)23-21/h6-7,12-13H,5,8-11,14H2,1-4H3,(H,24,27). The monoisotopic (exact) mass is 399 g/mol. The molecule has 0 spiro atoms. The molecule has 28 heavy (non-hydrogen) atoms. The Morgan fingerprint density at radius 3 is 2.36 bits per heavy atom. The first-order valence-electron chi connectivity index (χ1n) is 9.77. The smallest absolute Gasteiger partial charge is 0.234 e. The summed E-state index contributed by atoms with van der Waals surface area (Å²) in [5.41, 5.74) is 5.01. The van der Waals surface area contributed by atoms with Gasteiger partial charge < -0.3 is 15.1 Å². The number of nitrogens with one attached hydrogen (secondary N) is 1. The Labute approximate surface area is 171 Å². The molecule has 0 radical (unpaired) electrons. The number of thioether (sulfide) groups is 1. The molecule has 1 saturated heterocycles. The van der Waals surface area contributed by atoms with Crippen LogP contribution >= 0.6 is 11.8 Å². The highest BCUT2D eigenvalue weighted by atomic mass is 32.2. The highest BCUT2D eigenvalue weighted by molar-refractivity contribution is 7.99. The minimum Gasteiger partial charge on any atom is -0.369 e. The lowest BCUT2D eigenvalue weighted by Gasteiger charge is -2.35. The Balaban J connectivity index is 1.56. The minimum atomic E-state index is -0.0415. The summed E-state index contributed by atoms with van der Waals surface area (Å²) < 4.78 is 0. The van der Waals surface area contributed by atoms with E-state index in [0.29, 0.717) is 10.9 Å². The zero-order valence-electron chi connectivity index (χ0n) is 17.2. The van der Waals surface area contributed by atoms with Gasteiger partial charge in [0.15, 0.2) is 5.16 Å². The molecule has 1 aliphatic rings. The molecular weight excluding hydrogens is 370 g/mol.